The molecule has 5 heteroatoms. The van der Waals surface area contributed by atoms with Gasteiger partial charge >= 0.3 is 6.03 Å². The summed E-state index contributed by atoms with van der Waals surface area (Å²) in [6.07, 6.45) is 0. The van der Waals surface area contributed by atoms with Gasteiger partial charge in [0, 0.05) is 0 Å². The van der Waals surface area contributed by atoms with Gasteiger partial charge in [-0.1, -0.05) is 18.2 Å². The highest BCUT2D eigenvalue weighted by atomic mass is 16.5. The molecule has 0 saturated heterocycles. The summed E-state index contributed by atoms with van der Waals surface area (Å²) in [4.78, 5) is 11.4. The van der Waals surface area contributed by atoms with Gasteiger partial charge in [0.25, 0.3) is 0 Å². The van der Waals surface area contributed by atoms with Crippen molar-refractivity contribution in [1.82, 2.24) is 10.6 Å². The zero-order valence-corrected chi connectivity index (χ0v) is 10.1. The molecule has 1 aromatic rings. The van der Waals surface area contributed by atoms with Crippen molar-refractivity contribution in [2.45, 2.75) is 19.4 Å². The third-order valence-electron chi connectivity index (χ3n) is 2.06. The number of benzene rings is 1. The van der Waals surface area contributed by atoms with Crippen LogP contribution in [-0.4, -0.2) is 30.0 Å². The first kappa shape index (κ1) is 13.3. The topological polar surface area (TPSA) is 70.6 Å². The van der Waals surface area contributed by atoms with Crippen molar-refractivity contribution >= 4 is 6.03 Å². The SMILES string of the molecule is CC(C)(CO)NC(=O)NCOc1ccccc1. The molecule has 0 saturated carbocycles. The molecule has 0 aliphatic rings. The zero-order valence-electron chi connectivity index (χ0n) is 10.1. The summed E-state index contributed by atoms with van der Waals surface area (Å²) in [6, 6.07) is 8.82. The van der Waals surface area contributed by atoms with Gasteiger partial charge in [0.2, 0.25) is 0 Å². The lowest BCUT2D eigenvalue weighted by molar-refractivity contribution is 0.176. The average Bonchev–Trinajstić information content (AvgIpc) is 2.30. The number of para-hydroxylation sites is 1. The molecule has 2 amide bonds. The summed E-state index contributed by atoms with van der Waals surface area (Å²) in [5.74, 6) is 0.689. The smallest absolute Gasteiger partial charge is 0.317 e. The molecule has 1 aromatic carbocycles. The monoisotopic (exact) mass is 238 g/mol. The van der Waals surface area contributed by atoms with Crippen LogP contribution in [0, 0.1) is 0 Å². The van der Waals surface area contributed by atoms with E-state index in [2.05, 4.69) is 10.6 Å². The minimum Gasteiger partial charge on any atom is -0.473 e. The van der Waals surface area contributed by atoms with E-state index in [-0.39, 0.29) is 19.4 Å². The number of nitrogens with one attached hydrogen (secondary N) is 2. The maximum Gasteiger partial charge on any atom is 0.317 e. The first-order valence-electron chi connectivity index (χ1n) is 5.38. The summed E-state index contributed by atoms with van der Waals surface area (Å²) >= 11 is 0. The van der Waals surface area contributed by atoms with Crippen LogP contribution in [0.15, 0.2) is 30.3 Å². The standard InChI is InChI=1S/C12H18N2O3/c1-12(2,8-15)14-11(16)13-9-17-10-6-4-3-5-7-10/h3-7,15H,8-9H2,1-2H3,(H2,13,14,16). The van der Waals surface area contributed by atoms with Crippen molar-refractivity contribution in [1.29, 1.82) is 0 Å². The van der Waals surface area contributed by atoms with Crippen molar-refractivity contribution in [2.24, 2.45) is 0 Å². The fourth-order valence-corrected chi connectivity index (χ4v) is 1.09. The number of amides is 2. The Balaban J connectivity index is 2.25. The summed E-state index contributed by atoms with van der Waals surface area (Å²) in [5, 5.41) is 14.1. The van der Waals surface area contributed by atoms with E-state index in [1.54, 1.807) is 26.0 Å². The molecular weight excluding hydrogens is 220 g/mol. The average molecular weight is 238 g/mol. The molecule has 3 N–H and O–H groups in total. The predicted molar refractivity (Wildman–Crippen MR) is 64.8 cm³/mol. The fourth-order valence-electron chi connectivity index (χ4n) is 1.09. The molecule has 0 fully saturated rings. The number of hydrogen-bond acceptors (Lipinski definition) is 3. The van der Waals surface area contributed by atoms with Crippen LogP contribution in [0.2, 0.25) is 0 Å². The van der Waals surface area contributed by atoms with Crippen molar-refractivity contribution in [3.63, 3.8) is 0 Å². The van der Waals surface area contributed by atoms with E-state index in [0.717, 1.165) is 0 Å². The first-order chi connectivity index (χ1) is 8.03. The molecule has 94 valence electrons. The van der Waals surface area contributed by atoms with Crippen LogP contribution in [-0.2, 0) is 0 Å². The number of aliphatic hydroxyl groups is 1. The summed E-state index contributed by atoms with van der Waals surface area (Å²) in [6.45, 7) is 3.41. The number of urea groups is 1. The number of rotatable bonds is 5. The van der Waals surface area contributed by atoms with Gasteiger partial charge in [-0.15, -0.1) is 0 Å². The normalized spacial score (nSPS) is 10.8. The fraction of sp³-hybridized carbons (Fsp3) is 0.417. The highest BCUT2D eigenvalue weighted by molar-refractivity contribution is 5.74. The second-order valence-corrected chi connectivity index (χ2v) is 4.27. The third-order valence-corrected chi connectivity index (χ3v) is 2.06. The molecule has 0 aliphatic carbocycles. The van der Waals surface area contributed by atoms with Crippen molar-refractivity contribution in [3.8, 4) is 5.75 Å². The lowest BCUT2D eigenvalue weighted by Gasteiger charge is -2.23. The maximum absolute atomic E-state index is 11.4. The molecule has 0 atom stereocenters. The van der Waals surface area contributed by atoms with Gasteiger partial charge in [0.05, 0.1) is 12.1 Å². The van der Waals surface area contributed by atoms with E-state index in [0.29, 0.717) is 5.75 Å². The van der Waals surface area contributed by atoms with E-state index < -0.39 is 5.54 Å². The van der Waals surface area contributed by atoms with Gasteiger partial charge in [-0.3, -0.25) is 0 Å². The molecular formula is C12H18N2O3. The zero-order chi connectivity index (χ0) is 12.7. The van der Waals surface area contributed by atoms with Crippen LogP contribution in [0.5, 0.6) is 5.75 Å². The first-order valence-corrected chi connectivity index (χ1v) is 5.38. The number of ether oxygens (including phenoxy) is 1. The predicted octanol–water partition coefficient (Wildman–Crippen LogP) is 1.09. The van der Waals surface area contributed by atoms with Crippen LogP contribution in [0.25, 0.3) is 0 Å². The molecule has 0 unspecified atom stereocenters. The molecule has 5 nitrogen and oxygen atoms in total. The Labute approximate surface area is 101 Å². The van der Waals surface area contributed by atoms with Gasteiger partial charge < -0.3 is 20.5 Å². The molecule has 17 heavy (non-hydrogen) atoms. The Morgan fingerprint density at radius 1 is 1.35 bits per heavy atom. The van der Waals surface area contributed by atoms with E-state index in [1.807, 2.05) is 18.2 Å². The lowest BCUT2D eigenvalue weighted by atomic mass is 10.1. The minimum atomic E-state index is -0.642. The third kappa shape index (κ3) is 5.21. The van der Waals surface area contributed by atoms with E-state index in [4.69, 9.17) is 9.84 Å². The van der Waals surface area contributed by atoms with Crippen LogP contribution in [0.3, 0.4) is 0 Å². The van der Waals surface area contributed by atoms with Gasteiger partial charge in [0.15, 0.2) is 6.73 Å². The molecule has 0 aliphatic heterocycles. The Hall–Kier alpha value is -1.75. The summed E-state index contributed by atoms with van der Waals surface area (Å²) in [5.41, 5.74) is -0.642. The quantitative estimate of drug-likeness (QED) is 0.672. The van der Waals surface area contributed by atoms with E-state index >= 15 is 0 Å². The lowest BCUT2D eigenvalue weighted by Crippen LogP contribution is -2.51. The number of carbonyl (C=O) groups is 1. The highest BCUT2D eigenvalue weighted by Crippen LogP contribution is 2.07. The molecule has 0 bridgehead atoms. The molecule has 0 radical (unpaired) electrons. The second-order valence-electron chi connectivity index (χ2n) is 4.27. The van der Waals surface area contributed by atoms with Crippen molar-refractivity contribution in [2.75, 3.05) is 13.3 Å². The van der Waals surface area contributed by atoms with E-state index in [9.17, 15) is 4.79 Å². The summed E-state index contributed by atoms with van der Waals surface area (Å²) < 4.78 is 5.29. The van der Waals surface area contributed by atoms with E-state index in [1.165, 1.54) is 0 Å². The Bertz CT molecular complexity index is 352. The number of carbonyl (C=O) groups excluding carboxylic acids is 1. The Kier molecular flexibility index (Phi) is 4.78. The minimum absolute atomic E-state index is 0.0807. The van der Waals surface area contributed by atoms with Crippen molar-refractivity contribution in [3.05, 3.63) is 30.3 Å². The van der Waals surface area contributed by atoms with Crippen molar-refractivity contribution < 1.29 is 14.6 Å². The van der Waals surface area contributed by atoms with Gasteiger partial charge in [0.1, 0.15) is 5.75 Å². The van der Waals surface area contributed by atoms with Crippen LogP contribution < -0.4 is 15.4 Å². The number of aliphatic hydroxyl groups excluding tert-OH is 1. The van der Waals surface area contributed by atoms with Gasteiger partial charge in [-0.2, -0.15) is 0 Å². The second kappa shape index (κ2) is 6.10. The van der Waals surface area contributed by atoms with Gasteiger partial charge in [-0.05, 0) is 26.0 Å². The molecule has 0 aromatic heterocycles. The van der Waals surface area contributed by atoms with Crippen LogP contribution in [0.4, 0.5) is 4.79 Å². The maximum atomic E-state index is 11.4. The Morgan fingerprint density at radius 2 is 2.00 bits per heavy atom. The molecule has 0 spiro atoms. The molecule has 1 rings (SSSR count). The highest BCUT2D eigenvalue weighted by Gasteiger charge is 2.18. The van der Waals surface area contributed by atoms with Crippen LogP contribution >= 0.6 is 0 Å². The van der Waals surface area contributed by atoms with Crippen LogP contribution in [0.1, 0.15) is 13.8 Å². The Morgan fingerprint density at radius 3 is 2.59 bits per heavy atom. The van der Waals surface area contributed by atoms with Gasteiger partial charge in [-0.25, -0.2) is 4.79 Å². The summed E-state index contributed by atoms with van der Waals surface area (Å²) in [7, 11) is 0. The molecule has 0 heterocycles. The largest absolute Gasteiger partial charge is 0.473 e. The number of hydrogen-bond donors (Lipinski definition) is 3.